The maximum Gasteiger partial charge on any atom is 0.253 e. The summed E-state index contributed by atoms with van der Waals surface area (Å²) >= 11 is 6.03. The van der Waals surface area contributed by atoms with Crippen LogP contribution in [-0.4, -0.2) is 34.8 Å². The van der Waals surface area contributed by atoms with Gasteiger partial charge in [-0.05, 0) is 73.7 Å². The van der Waals surface area contributed by atoms with Crippen LogP contribution < -0.4 is 5.32 Å². The van der Waals surface area contributed by atoms with E-state index in [4.69, 9.17) is 16.0 Å². The van der Waals surface area contributed by atoms with Gasteiger partial charge in [0.05, 0.1) is 0 Å². The van der Waals surface area contributed by atoms with Crippen molar-refractivity contribution in [3.8, 4) is 11.5 Å². The van der Waals surface area contributed by atoms with Gasteiger partial charge in [-0.25, -0.2) is 4.98 Å². The van der Waals surface area contributed by atoms with E-state index in [1.54, 1.807) is 12.1 Å². The van der Waals surface area contributed by atoms with Gasteiger partial charge in [-0.15, -0.1) is 0 Å². The largest absolute Gasteiger partial charge is 0.436 e. The van der Waals surface area contributed by atoms with Gasteiger partial charge in [0.15, 0.2) is 5.58 Å². The summed E-state index contributed by atoms with van der Waals surface area (Å²) in [6.45, 7) is 5.72. The topological polar surface area (TPSA) is 75.4 Å². The predicted octanol–water partition coefficient (Wildman–Crippen LogP) is 6.26. The van der Waals surface area contributed by atoms with Gasteiger partial charge in [0.25, 0.3) is 5.91 Å². The smallest absolute Gasteiger partial charge is 0.253 e. The van der Waals surface area contributed by atoms with E-state index in [1.807, 2.05) is 73.3 Å². The van der Waals surface area contributed by atoms with Crippen LogP contribution in [0.4, 0.5) is 0 Å². The molecule has 0 aliphatic carbocycles. The predicted molar refractivity (Wildman–Crippen MR) is 145 cm³/mol. The van der Waals surface area contributed by atoms with Crippen LogP contribution in [0.3, 0.4) is 0 Å². The average Bonchev–Trinajstić information content (AvgIpc) is 3.35. The van der Waals surface area contributed by atoms with Gasteiger partial charge in [-0.1, -0.05) is 48.4 Å². The van der Waals surface area contributed by atoms with Crippen LogP contribution in [0.1, 0.15) is 41.3 Å². The van der Waals surface area contributed by atoms with Gasteiger partial charge in [-0.2, -0.15) is 0 Å². The monoisotopic (exact) mass is 515 g/mol. The molecule has 0 radical (unpaired) electrons. The van der Waals surface area contributed by atoms with E-state index in [-0.39, 0.29) is 23.7 Å². The number of likely N-dealkylation sites (tertiary alicyclic amines) is 1. The van der Waals surface area contributed by atoms with Crippen molar-refractivity contribution in [1.82, 2.24) is 15.2 Å². The normalized spacial score (nSPS) is 15.1. The molecule has 0 bridgehead atoms. The van der Waals surface area contributed by atoms with Crippen molar-refractivity contribution in [2.45, 2.75) is 33.2 Å². The van der Waals surface area contributed by atoms with Crippen LogP contribution in [0.25, 0.3) is 22.6 Å². The number of nitrogens with one attached hydrogen (secondary N) is 1. The lowest BCUT2D eigenvalue weighted by atomic mass is 9.84. The molecule has 5 rings (SSSR count). The lowest BCUT2D eigenvalue weighted by Crippen LogP contribution is -2.42. The molecule has 0 unspecified atom stereocenters. The highest BCUT2D eigenvalue weighted by Crippen LogP contribution is 2.28. The number of fused-ring (bicyclic) bond motifs is 1. The number of nitrogens with zero attached hydrogens (tertiary/aromatic N) is 2. The Morgan fingerprint density at radius 3 is 2.57 bits per heavy atom. The van der Waals surface area contributed by atoms with E-state index < -0.39 is 0 Å². The molecule has 37 heavy (non-hydrogen) atoms. The number of amides is 2. The molecule has 0 saturated carbocycles. The van der Waals surface area contributed by atoms with E-state index in [2.05, 4.69) is 10.3 Å². The zero-order valence-electron chi connectivity index (χ0n) is 21.0. The minimum atomic E-state index is -0.122. The molecule has 1 aliphatic rings. The number of oxazole rings is 1. The van der Waals surface area contributed by atoms with Crippen LogP contribution in [0.5, 0.6) is 0 Å². The van der Waals surface area contributed by atoms with Crippen LogP contribution in [0.15, 0.2) is 71.1 Å². The molecule has 1 aliphatic heterocycles. The first kappa shape index (κ1) is 25.0. The Morgan fingerprint density at radius 2 is 1.84 bits per heavy atom. The Bertz CT molecular complexity index is 1420. The first-order valence-corrected chi connectivity index (χ1v) is 13.0. The second-order valence-electron chi connectivity index (χ2n) is 9.83. The van der Waals surface area contributed by atoms with Crippen LogP contribution in [0.2, 0.25) is 5.02 Å². The van der Waals surface area contributed by atoms with Crippen LogP contribution in [-0.2, 0) is 11.3 Å². The maximum atomic E-state index is 13.2. The minimum Gasteiger partial charge on any atom is -0.436 e. The van der Waals surface area contributed by atoms with Crippen molar-refractivity contribution in [2.24, 2.45) is 11.8 Å². The number of piperidine rings is 1. The number of aromatic nitrogens is 1. The summed E-state index contributed by atoms with van der Waals surface area (Å²) in [4.78, 5) is 32.5. The third-order valence-corrected chi connectivity index (χ3v) is 7.47. The summed E-state index contributed by atoms with van der Waals surface area (Å²) in [6, 6.07) is 20.9. The molecule has 0 spiro atoms. The maximum absolute atomic E-state index is 13.2. The number of hydrogen-bond donors (Lipinski definition) is 1. The Hall–Kier alpha value is -3.64. The first-order chi connectivity index (χ1) is 17.9. The van der Waals surface area contributed by atoms with Gasteiger partial charge in [0.2, 0.25) is 11.8 Å². The van der Waals surface area contributed by atoms with Gasteiger partial charge in [0, 0.05) is 41.7 Å². The molecule has 1 fully saturated rings. The molecule has 1 N–H and O–H groups in total. The standard InChI is InChI=1S/C30H30ClN3O3/c1-19-6-8-23(9-7-19)29-33-26-17-24(10-11-27(26)37-29)30(36)34-14-12-22(13-15-34)20(2)28(35)32-18-21-4-3-5-25(31)16-21/h3-11,16-17,20,22H,12-15,18H2,1-2H3,(H,32,35)/t20-/m1/s1. The van der Waals surface area contributed by atoms with Crippen molar-refractivity contribution in [1.29, 1.82) is 0 Å². The van der Waals surface area contributed by atoms with Crippen molar-refractivity contribution in [2.75, 3.05) is 13.1 Å². The number of benzene rings is 3. The zero-order valence-corrected chi connectivity index (χ0v) is 21.8. The van der Waals surface area contributed by atoms with Crippen molar-refractivity contribution in [3.05, 3.63) is 88.4 Å². The molecule has 190 valence electrons. The van der Waals surface area contributed by atoms with E-state index >= 15 is 0 Å². The summed E-state index contributed by atoms with van der Waals surface area (Å²) in [5, 5.41) is 3.68. The molecule has 1 aromatic heterocycles. The van der Waals surface area contributed by atoms with Crippen LogP contribution >= 0.6 is 11.6 Å². The quantitative estimate of drug-likeness (QED) is 0.329. The highest BCUT2D eigenvalue weighted by atomic mass is 35.5. The fraction of sp³-hybridized carbons (Fsp3) is 0.300. The van der Waals surface area contributed by atoms with E-state index in [0.29, 0.717) is 47.2 Å². The van der Waals surface area contributed by atoms with E-state index in [9.17, 15) is 9.59 Å². The number of aryl methyl sites for hydroxylation is 1. The Morgan fingerprint density at radius 1 is 1.08 bits per heavy atom. The van der Waals surface area contributed by atoms with Gasteiger partial charge in [0.1, 0.15) is 5.52 Å². The summed E-state index contributed by atoms with van der Waals surface area (Å²) in [5.74, 6) is 0.675. The molecule has 6 nitrogen and oxygen atoms in total. The Balaban J connectivity index is 1.18. The third-order valence-electron chi connectivity index (χ3n) is 7.24. The molecular weight excluding hydrogens is 486 g/mol. The first-order valence-electron chi connectivity index (χ1n) is 12.7. The van der Waals surface area contributed by atoms with Gasteiger partial charge < -0.3 is 14.6 Å². The van der Waals surface area contributed by atoms with Crippen molar-refractivity contribution in [3.63, 3.8) is 0 Å². The number of hydrogen-bond acceptors (Lipinski definition) is 4. The SMILES string of the molecule is Cc1ccc(-c2nc3cc(C(=O)N4CCC([C@@H](C)C(=O)NCc5cccc(Cl)c5)CC4)ccc3o2)cc1. The molecule has 1 atom stereocenters. The molecule has 3 aromatic carbocycles. The molecule has 2 heterocycles. The van der Waals surface area contributed by atoms with E-state index in [0.717, 1.165) is 24.0 Å². The fourth-order valence-electron chi connectivity index (χ4n) is 4.88. The van der Waals surface area contributed by atoms with Crippen molar-refractivity contribution >= 4 is 34.5 Å². The molecule has 7 heteroatoms. The molecule has 2 amide bonds. The van der Waals surface area contributed by atoms with Crippen molar-refractivity contribution < 1.29 is 14.0 Å². The minimum absolute atomic E-state index is 0.0155. The number of rotatable bonds is 6. The highest BCUT2D eigenvalue weighted by Gasteiger charge is 2.30. The second-order valence-corrected chi connectivity index (χ2v) is 10.3. The van der Waals surface area contributed by atoms with E-state index in [1.165, 1.54) is 5.56 Å². The average molecular weight is 516 g/mol. The fourth-order valence-corrected chi connectivity index (χ4v) is 5.09. The summed E-state index contributed by atoms with van der Waals surface area (Å²) in [5.41, 5.74) is 4.97. The van der Waals surface area contributed by atoms with Gasteiger partial charge in [-0.3, -0.25) is 9.59 Å². The Labute approximate surface area is 221 Å². The Kier molecular flexibility index (Phi) is 7.28. The lowest BCUT2D eigenvalue weighted by Gasteiger charge is -2.34. The number of carbonyl (C=O) groups excluding carboxylic acids is 2. The molecular formula is C30H30ClN3O3. The summed E-state index contributed by atoms with van der Waals surface area (Å²) < 4.78 is 5.91. The van der Waals surface area contributed by atoms with Gasteiger partial charge >= 0.3 is 0 Å². The molecule has 1 saturated heterocycles. The zero-order chi connectivity index (χ0) is 25.9. The second kappa shape index (κ2) is 10.8. The lowest BCUT2D eigenvalue weighted by molar-refractivity contribution is -0.126. The third kappa shape index (κ3) is 5.70. The highest BCUT2D eigenvalue weighted by molar-refractivity contribution is 6.30. The number of halogens is 1. The van der Waals surface area contributed by atoms with Crippen LogP contribution in [0, 0.1) is 18.8 Å². The number of carbonyl (C=O) groups is 2. The summed E-state index contributed by atoms with van der Waals surface area (Å²) in [6.07, 6.45) is 1.59. The summed E-state index contributed by atoms with van der Waals surface area (Å²) in [7, 11) is 0. The molecule has 4 aromatic rings.